The van der Waals surface area contributed by atoms with Gasteiger partial charge in [0.25, 0.3) is 0 Å². The fourth-order valence-corrected chi connectivity index (χ4v) is 2.23. The van der Waals surface area contributed by atoms with Crippen molar-refractivity contribution in [3.05, 3.63) is 30.6 Å². The fourth-order valence-electron chi connectivity index (χ4n) is 2.23. The van der Waals surface area contributed by atoms with Gasteiger partial charge in [0.05, 0.1) is 17.4 Å². The minimum atomic E-state index is -1.00. The molecule has 6 heteroatoms. The fraction of sp³-hybridized carbons (Fsp3) is 0.400. The Morgan fingerprint density at radius 3 is 2.76 bits per heavy atom. The first-order valence-electron chi connectivity index (χ1n) is 6.94. The molecule has 0 saturated heterocycles. The van der Waals surface area contributed by atoms with Crippen LogP contribution < -0.4 is 0 Å². The van der Waals surface area contributed by atoms with Gasteiger partial charge in [0.15, 0.2) is 0 Å². The molecule has 0 aliphatic heterocycles. The first kappa shape index (κ1) is 15.0. The van der Waals surface area contributed by atoms with E-state index < -0.39 is 5.97 Å². The van der Waals surface area contributed by atoms with Crippen LogP contribution in [0.2, 0.25) is 0 Å². The van der Waals surface area contributed by atoms with Gasteiger partial charge in [-0.25, -0.2) is 4.98 Å². The molecule has 6 nitrogen and oxygen atoms in total. The van der Waals surface area contributed by atoms with Gasteiger partial charge >= 0.3 is 5.97 Å². The summed E-state index contributed by atoms with van der Waals surface area (Å²) in [6.07, 6.45) is 2.32. The van der Waals surface area contributed by atoms with E-state index in [4.69, 9.17) is 5.11 Å². The molecule has 1 aromatic carbocycles. The summed E-state index contributed by atoms with van der Waals surface area (Å²) < 4.78 is 1.74. The number of hydrogen-bond acceptors (Lipinski definition) is 3. The molecule has 0 radical (unpaired) electrons. The smallest absolute Gasteiger partial charge is 0.323 e. The van der Waals surface area contributed by atoms with E-state index in [1.165, 1.54) is 4.90 Å². The number of benzene rings is 1. The number of aromatic nitrogens is 2. The predicted octanol–water partition coefficient (Wildman–Crippen LogP) is 1.75. The lowest BCUT2D eigenvalue weighted by molar-refractivity contribution is -0.146. The number of fused-ring (bicyclic) bond motifs is 1. The van der Waals surface area contributed by atoms with Crippen LogP contribution in [-0.2, 0) is 16.1 Å². The maximum absolute atomic E-state index is 12.4. The highest BCUT2D eigenvalue weighted by Crippen LogP contribution is 2.13. The van der Waals surface area contributed by atoms with Crippen LogP contribution in [0.5, 0.6) is 0 Å². The molecule has 2 aromatic rings. The summed E-state index contributed by atoms with van der Waals surface area (Å²) in [6.45, 7) is 3.60. The Morgan fingerprint density at radius 2 is 2.10 bits per heavy atom. The van der Waals surface area contributed by atoms with E-state index in [0.29, 0.717) is 6.42 Å². The number of carboxylic acids is 1. The first-order valence-corrected chi connectivity index (χ1v) is 6.94. The molecule has 1 aromatic heterocycles. The molecule has 0 aliphatic rings. The van der Waals surface area contributed by atoms with E-state index in [1.807, 2.05) is 38.1 Å². The number of amides is 1. The minimum Gasteiger partial charge on any atom is -0.480 e. The van der Waals surface area contributed by atoms with Crippen molar-refractivity contribution in [2.24, 2.45) is 0 Å². The molecule has 1 unspecified atom stereocenters. The number of rotatable bonds is 6. The molecular weight excluding hydrogens is 270 g/mol. The van der Waals surface area contributed by atoms with Gasteiger partial charge in [-0.2, -0.15) is 0 Å². The van der Waals surface area contributed by atoms with Crippen molar-refractivity contribution in [1.82, 2.24) is 14.5 Å². The monoisotopic (exact) mass is 289 g/mol. The molecule has 1 amide bonds. The molecule has 21 heavy (non-hydrogen) atoms. The van der Waals surface area contributed by atoms with Crippen molar-refractivity contribution in [1.29, 1.82) is 0 Å². The third kappa shape index (κ3) is 3.39. The second-order valence-electron chi connectivity index (χ2n) is 5.03. The highest BCUT2D eigenvalue weighted by molar-refractivity contribution is 5.83. The van der Waals surface area contributed by atoms with Crippen LogP contribution >= 0.6 is 0 Å². The number of imidazole rings is 1. The van der Waals surface area contributed by atoms with Crippen molar-refractivity contribution in [3.8, 4) is 0 Å². The van der Waals surface area contributed by atoms with Gasteiger partial charge in [0.1, 0.15) is 13.1 Å². The maximum atomic E-state index is 12.4. The Bertz CT molecular complexity index is 650. The van der Waals surface area contributed by atoms with Gasteiger partial charge in [-0.05, 0) is 25.5 Å². The van der Waals surface area contributed by atoms with Crippen LogP contribution in [-0.4, -0.2) is 44.0 Å². The van der Waals surface area contributed by atoms with Crippen molar-refractivity contribution in [2.75, 3.05) is 6.54 Å². The number of aliphatic carboxylic acids is 1. The molecule has 112 valence electrons. The zero-order chi connectivity index (χ0) is 15.4. The molecule has 0 bridgehead atoms. The van der Waals surface area contributed by atoms with E-state index in [9.17, 15) is 9.59 Å². The molecule has 0 saturated carbocycles. The van der Waals surface area contributed by atoms with Crippen molar-refractivity contribution in [2.45, 2.75) is 32.9 Å². The number of carbonyl (C=O) groups is 2. The average Bonchev–Trinajstić information content (AvgIpc) is 2.87. The number of hydrogen-bond donors (Lipinski definition) is 1. The summed E-state index contributed by atoms with van der Waals surface area (Å²) in [4.78, 5) is 29.0. The summed E-state index contributed by atoms with van der Waals surface area (Å²) in [5.41, 5.74) is 1.68. The Labute approximate surface area is 123 Å². The third-order valence-electron chi connectivity index (χ3n) is 3.58. The van der Waals surface area contributed by atoms with Gasteiger partial charge in [0.2, 0.25) is 5.91 Å². The molecule has 1 heterocycles. The van der Waals surface area contributed by atoms with E-state index in [-0.39, 0.29) is 25.0 Å². The van der Waals surface area contributed by atoms with E-state index in [1.54, 1.807) is 10.9 Å². The van der Waals surface area contributed by atoms with Gasteiger partial charge in [-0.15, -0.1) is 0 Å². The number of para-hydroxylation sites is 2. The maximum Gasteiger partial charge on any atom is 0.323 e. The lowest BCUT2D eigenvalue weighted by Gasteiger charge is -2.27. The molecule has 1 N–H and O–H groups in total. The van der Waals surface area contributed by atoms with E-state index in [0.717, 1.165) is 11.0 Å². The summed E-state index contributed by atoms with van der Waals surface area (Å²) in [5.74, 6) is -1.21. The number of nitrogens with zero attached hydrogens (tertiary/aromatic N) is 3. The number of carbonyl (C=O) groups excluding carboxylic acids is 1. The third-order valence-corrected chi connectivity index (χ3v) is 3.58. The van der Waals surface area contributed by atoms with Crippen molar-refractivity contribution in [3.63, 3.8) is 0 Å². The van der Waals surface area contributed by atoms with Crippen LogP contribution in [0.1, 0.15) is 20.3 Å². The summed E-state index contributed by atoms with van der Waals surface area (Å²) >= 11 is 0. The van der Waals surface area contributed by atoms with E-state index in [2.05, 4.69) is 4.98 Å². The largest absolute Gasteiger partial charge is 0.480 e. The van der Waals surface area contributed by atoms with Gasteiger partial charge in [-0.1, -0.05) is 19.1 Å². The molecule has 1 atom stereocenters. The average molecular weight is 289 g/mol. The van der Waals surface area contributed by atoms with E-state index >= 15 is 0 Å². The van der Waals surface area contributed by atoms with Crippen LogP contribution in [0.3, 0.4) is 0 Å². The normalized spacial score (nSPS) is 12.3. The second kappa shape index (κ2) is 6.39. The van der Waals surface area contributed by atoms with Crippen molar-refractivity contribution >= 4 is 22.9 Å². The topological polar surface area (TPSA) is 75.4 Å². The Morgan fingerprint density at radius 1 is 1.38 bits per heavy atom. The molecule has 0 spiro atoms. The predicted molar refractivity (Wildman–Crippen MR) is 78.8 cm³/mol. The van der Waals surface area contributed by atoms with Crippen LogP contribution in [0.15, 0.2) is 30.6 Å². The Balaban J connectivity index is 2.19. The van der Waals surface area contributed by atoms with Crippen LogP contribution in [0.4, 0.5) is 0 Å². The molecular formula is C15H19N3O3. The first-order chi connectivity index (χ1) is 10.0. The SMILES string of the molecule is CCC(C)N(CC(=O)O)C(=O)Cn1cnc2ccccc21. The second-order valence-corrected chi connectivity index (χ2v) is 5.03. The Kier molecular flexibility index (Phi) is 4.57. The quantitative estimate of drug-likeness (QED) is 0.879. The minimum absolute atomic E-state index is 0.0954. The molecule has 0 fully saturated rings. The Hall–Kier alpha value is -2.37. The molecule has 2 rings (SSSR count). The van der Waals surface area contributed by atoms with Crippen molar-refractivity contribution < 1.29 is 14.7 Å². The highest BCUT2D eigenvalue weighted by Gasteiger charge is 2.22. The summed E-state index contributed by atoms with van der Waals surface area (Å²) in [5, 5.41) is 8.96. The van der Waals surface area contributed by atoms with Crippen LogP contribution in [0.25, 0.3) is 11.0 Å². The highest BCUT2D eigenvalue weighted by atomic mass is 16.4. The number of carboxylic acid groups (broad SMARTS) is 1. The standard InChI is InChI=1S/C15H19N3O3/c1-3-11(2)18(9-15(20)21)14(19)8-17-10-16-12-6-4-5-7-13(12)17/h4-7,10-11H,3,8-9H2,1-2H3,(H,20,21). The zero-order valence-corrected chi connectivity index (χ0v) is 12.2. The van der Waals surface area contributed by atoms with Gasteiger partial charge in [0, 0.05) is 6.04 Å². The summed E-state index contributed by atoms with van der Waals surface area (Å²) in [7, 11) is 0. The summed E-state index contributed by atoms with van der Waals surface area (Å²) in [6, 6.07) is 7.43. The zero-order valence-electron chi connectivity index (χ0n) is 12.2. The van der Waals surface area contributed by atoms with Gasteiger partial charge < -0.3 is 14.6 Å². The molecule has 0 aliphatic carbocycles. The van der Waals surface area contributed by atoms with Gasteiger partial charge in [-0.3, -0.25) is 9.59 Å². The van der Waals surface area contributed by atoms with Crippen LogP contribution in [0, 0.1) is 0 Å². The lowest BCUT2D eigenvalue weighted by Crippen LogP contribution is -2.43. The lowest BCUT2D eigenvalue weighted by atomic mass is 10.2.